The van der Waals surface area contributed by atoms with Crippen LogP contribution in [0.4, 0.5) is 0 Å². The first-order chi connectivity index (χ1) is 9.77. The van der Waals surface area contributed by atoms with E-state index >= 15 is 0 Å². The van der Waals surface area contributed by atoms with Crippen molar-refractivity contribution in [3.8, 4) is 11.5 Å². The Hall–Kier alpha value is -1.80. The monoisotopic (exact) mass is 317 g/mol. The lowest BCUT2D eigenvalue weighted by Crippen LogP contribution is -2.36. The lowest BCUT2D eigenvalue weighted by Gasteiger charge is -2.18. The van der Waals surface area contributed by atoms with Crippen molar-refractivity contribution >= 4 is 16.0 Å². The average Bonchev–Trinajstić information content (AvgIpc) is 2.41. The van der Waals surface area contributed by atoms with E-state index < -0.39 is 22.5 Å². The second kappa shape index (κ2) is 7.28. The maximum Gasteiger partial charge on any atom is 0.318 e. The van der Waals surface area contributed by atoms with Crippen LogP contribution in [-0.4, -0.2) is 57.4 Å². The van der Waals surface area contributed by atoms with E-state index in [0.29, 0.717) is 17.9 Å². The normalized spacial score (nSPS) is 11.4. The van der Waals surface area contributed by atoms with Crippen molar-refractivity contribution in [2.75, 3.05) is 33.6 Å². The van der Waals surface area contributed by atoms with Gasteiger partial charge in [0.15, 0.2) is 11.5 Å². The Bertz CT molecular complexity index is 599. The van der Waals surface area contributed by atoms with Crippen LogP contribution >= 0.6 is 0 Å². The summed E-state index contributed by atoms with van der Waals surface area (Å²) in [5.41, 5.74) is 0.826. The van der Waals surface area contributed by atoms with Gasteiger partial charge in [-0.15, -0.1) is 0 Å². The van der Waals surface area contributed by atoms with Gasteiger partial charge in [0.1, 0.15) is 6.54 Å². The van der Waals surface area contributed by atoms with Crippen LogP contribution in [0.3, 0.4) is 0 Å². The standard InChI is InChI=1S/C13H19NO6S/c1-19-11-5-4-10(8-12(11)20-2)6-7-14(9-13(15)16)21(3,17)18/h4-5,8H,6-7,9H2,1-3H3,(H,15,16). The molecule has 118 valence electrons. The Morgan fingerprint density at radius 3 is 2.33 bits per heavy atom. The minimum absolute atomic E-state index is 0.0839. The largest absolute Gasteiger partial charge is 0.493 e. The minimum Gasteiger partial charge on any atom is -0.493 e. The molecule has 0 saturated heterocycles. The highest BCUT2D eigenvalue weighted by Gasteiger charge is 2.19. The fourth-order valence-corrected chi connectivity index (χ4v) is 2.57. The highest BCUT2D eigenvalue weighted by atomic mass is 32.2. The molecular weight excluding hydrogens is 298 g/mol. The number of nitrogens with zero attached hydrogens (tertiary/aromatic N) is 1. The number of aliphatic carboxylic acids is 1. The molecule has 1 aromatic carbocycles. The molecule has 0 spiro atoms. The third kappa shape index (κ3) is 5.24. The van der Waals surface area contributed by atoms with Gasteiger partial charge in [-0.3, -0.25) is 4.79 Å². The quantitative estimate of drug-likeness (QED) is 0.754. The SMILES string of the molecule is COc1ccc(CCN(CC(=O)O)S(C)(=O)=O)cc1OC. The Balaban J connectivity index is 2.83. The summed E-state index contributed by atoms with van der Waals surface area (Å²) >= 11 is 0. The molecule has 0 aliphatic rings. The number of carboxylic acids is 1. The zero-order valence-electron chi connectivity index (χ0n) is 12.2. The topological polar surface area (TPSA) is 93.1 Å². The molecule has 0 bridgehead atoms. The zero-order valence-corrected chi connectivity index (χ0v) is 13.0. The van der Waals surface area contributed by atoms with Crippen LogP contribution in [0.15, 0.2) is 18.2 Å². The predicted molar refractivity (Wildman–Crippen MR) is 77.3 cm³/mol. The molecule has 0 heterocycles. The summed E-state index contributed by atoms with van der Waals surface area (Å²) in [6, 6.07) is 5.23. The number of benzene rings is 1. The summed E-state index contributed by atoms with van der Waals surface area (Å²) in [6.45, 7) is -0.466. The number of carbonyl (C=O) groups is 1. The van der Waals surface area contributed by atoms with E-state index in [0.717, 1.165) is 16.1 Å². The lowest BCUT2D eigenvalue weighted by molar-refractivity contribution is -0.137. The van der Waals surface area contributed by atoms with Crippen LogP contribution in [0.25, 0.3) is 0 Å². The predicted octanol–water partition coefficient (Wildman–Crippen LogP) is 0.593. The van der Waals surface area contributed by atoms with Crippen molar-refractivity contribution in [1.82, 2.24) is 4.31 Å². The first-order valence-corrected chi connectivity index (χ1v) is 8.00. The molecular formula is C13H19NO6S. The van der Waals surface area contributed by atoms with E-state index in [1.165, 1.54) is 14.2 Å². The summed E-state index contributed by atoms with van der Waals surface area (Å²) in [5, 5.41) is 8.75. The Labute approximate surface area is 124 Å². The molecule has 0 aromatic heterocycles. The number of methoxy groups -OCH3 is 2. The van der Waals surface area contributed by atoms with Crippen LogP contribution in [0.1, 0.15) is 5.56 Å². The number of carboxylic acid groups (broad SMARTS) is 1. The van der Waals surface area contributed by atoms with Gasteiger partial charge in [-0.25, -0.2) is 8.42 Å². The molecule has 0 aliphatic heterocycles. The van der Waals surface area contributed by atoms with Crippen LogP contribution in [-0.2, 0) is 21.2 Å². The molecule has 0 radical (unpaired) electrons. The zero-order chi connectivity index (χ0) is 16.0. The number of hydrogen-bond donors (Lipinski definition) is 1. The summed E-state index contributed by atoms with van der Waals surface area (Å²) in [6.07, 6.45) is 1.37. The molecule has 0 unspecified atom stereocenters. The van der Waals surface area contributed by atoms with E-state index in [1.54, 1.807) is 18.2 Å². The lowest BCUT2D eigenvalue weighted by atomic mass is 10.1. The van der Waals surface area contributed by atoms with E-state index in [-0.39, 0.29) is 6.54 Å². The molecule has 1 rings (SSSR count). The smallest absolute Gasteiger partial charge is 0.318 e. The summed E-state index contributed by atoms with van der Waals surface area (Å²) < 4.78 is 34.3. The summed E-state index contributed by atoms with van der Waals surface area (Å²) in [4.78, 5) is 10.7. The Morgan fingerprint density at radius 2 is 1.86 bits per heavy atom. The number of sulfonamides is 1. The third-order valence-corrected chi connectivity index (χ3v) is 4.13. The molecule has 7 nitrogen and oxygen atoms in total. The maximum atomic E-state index is 11.5. The minimum atomic E-state index is -3.56. The van der Waals surface area contributed by atoms with Crippen molar-refractivity contribution in [3.63, 3.8) is 0 Å². The first-order valence-electron chi connectivity index (χ1n) is 6.15. The maximum absolute atomic E-state index is 11.5. The number of rotatable bonds is 8. The van der Waals surface area contributed by atoms with E-state index in [2.05, 4.69) is 0 Å². The Morgan fingerprint density at radius 1 is 1.24 bits per heavy atom. The van der Waals surface area contributed by atoms with Gasteiger partial charge in [0.05, 0.1) is 20.5 Å². The molecule has 0 saturated carbocycles. The van der Waals surface area contributed by atoms with Gasteiger partial charge in [-0.05, 0) is 24.1 Å². The van der Waals surface area contributed by atoms with E-state index in [9.17, 15) is 13.2 Å². The highest BCUT2D eigenvalue weighted by Crippen LogP contribution is 2.27. The van der Waals surface area contributed by atoms with Gasteiger partial charge >= 0.3 is 5.97 Å². The number of ether oxygens (including phenoxy) is 2. The highest BCUT2D eigenvalue weighted by molar-refractivity contribution is 7.88. The molecule has 21 heavy (non-hydrogen) atoms. The molecule has 0 amide bonds. The van der Waals surface area contributed by atoms with Crippen LogP contribution < -0.4 is 9.47 Å². The summed E-state index contributed by atoms with van der Waals surface area (Å²) in [5.74, 6) is -0.0707. The molecule has 0 fully saturated rings. The van der Waals surface area contributed by atoms with Crippen LogP contribution in [0, 0.1) is 0 Å². The summed E-state index contributed by atoms with van der Waals surface area (Å²) in [7, 11) is -0.530. The molecule has 0 atom stereocenters. The van der Waals surface area contributed by atoms with Crippen LogP contribution in [0.2, 0.25) is 0 Å². The molecule has 1 N–H and O–H groups in total. The van der Waals surface area contributed by atoms with Gasteiger partial charge < -0.3 is 14.6 Å². The van der Waals surface area contributed by atoms with Crippen LogP contribution in [0.5, 0.6) is 11.5 Å². The van der Waals surface area contributed by atoms with Crippen molar-refractivity contribution in [2.24, 2.45) is 0 Å². The first kappa shape index (κ1) is 17.3. The Kier molecular flexibility index (Phi) is 5.98. The molecule has 0 aliphatic carbocycles. The van der Waals surface area contributed by atoms with Gasteiger partial charge in [0, 0.05) is 6.54 Å². The van der Waals surface area contributed by atoms with Gasteiger partial charge in [0.25, 0.3) is 0 Å². The second-order valence-corrected chi connectivity index (χ2v) is 6.41. The van der Waals surface area contributed by atoms with Crippen molar-refractivity contribution < 1.29 is 27.8 Å². The fourth-order valence-electron chi connectivity index (χ4n) is 1.80. The average molecular weight is 317 g/mol. The van der Waals surface area contributed by atoms with Gasteiger partial charge in [-0.2, -0.15) is 4.31 Å². The third-order valence-electron chi connectivity index (χ3n) is 2.88. The van der Waals surface area contributed by atoms with Crippen molar-refractivity contribution in [2.45, 2.75) is 6.42 Å². The van der Waals surface area contributed by atoms with E-state index in [1.807, 2.05) is 0 Å². The van der Waals surface area contributed by atoms with E-state index in [4.69, 9.17) is 14.6 Å². The van der Waals surface area contributed by atoms with Crippen molar-refractivity contribution in [1.29, 1.82) is 0 Å². The fraction of sp³-hybridized carbons (Fsp3) is 0.462. The second-order valence-electron chi connectivity index (χ2n) is 4.43. The molecule has 1 aromatic rings. The van der Waals surface area contributed by atoms with Gasteiger partial charge in [-0.1, -0.05) is 6.07 Å². The van der Waals surface area contributed by atoms with Crippen molar-refractivity contribution in [3.05, 3.63) is 23.8 Å². The molecule has 8 heteroatoms. The number of hydrogen-bond acceptors (Lipinski definition) is 5. The van der Waals surface area contributed by atoms with Gasteiger partial charge in [0.2, 0.25) is 10.0 Å².